The first kappa shape index (κ1) is 15.0. The number of carbonyl (C=O) groups is 1. The van der Waals surface area contributed by atoms with Crippen LogP contribution >= 0.6 is 0 Å². The van der Waals surface area contributed by atoms with E-state index in [2.05, 4.69) is 24.0 Å². The molecule has 0 aliphatic carbocycles. The van der Waals surface area contributed by atoms with Crippen molar-refractivity contribution in [1.29, 1.82) is 0 Å². The number of aromatic nitrogens is 3. The third-order valence-corrected chi connectivity index (χ3v) is 4.99. The van der Waals surface area contributed by atoms with Gasteiger partial charge in [-0.05, 0) is 43.5 Å². The van der Waals surface area contributed by atoms with Crippen molar-refractivity contribution in [3.8, 4) is 0 Å². The average Bonchev–Trinajstić information content (AvgIpc) is 3.21. The van der Waals surface area contributed by atoms with Crippen LogP contribution in [0.15, 0.2) is 36.5 Å². The fourth-order valence-corrected chi connectivity index (χ4v) is 3.62. The van der Waals surface area contributed by atoms with E-state index >= 15 is 0 Å². The Labute approximate surface area is 141 Å². The number of piperidine rings is 1. The van der Waals surface area contributed by atoms with Crippen LogP contribution < -0.4 is 0 Å². The minimum Gasteiger partial charge on any atom is -0.347 e. The lowest BCUT2D eigenvalue weighted by atomic mass is 9.97. The molecule has 2 aromatic heterocycles. The zero-order chi connectivity index (χ0) is 16.7. The smallest absolute Gasteiger partial charge is 0.270 e. The molecule has 124 valence electrons. The second kappa shape index (κ2) is 5.82. The van der Waals surface area contributed by atoms with Crippen molar-refractivity contribution in [2.75, 3.05) is 13.1 Å². The topological polar surface area (TPSA) is 53.9 Å². The molecular formula is C19H22N4O. The summed E-state index contributed by atoms with van der Waals surface area (Å²) in [4.78, 5) is 23.0. The number of nitrogens with one attached hydrogen (secondary N) is 1. The maximum Gasteiger partial charge on any atom is 0.270 e. The van der Waals surface area contributed by atoms with Crippen molar-refractivity contribution in [1.82, 2.24) is 19.4 Å². The second-order valence-electron chi connectivity index (χ2n) is 6.69. The molecule has 1 aliphatic rings. The normalized spacial score (nSPS) is 18.2. The van der Waals surface area contributed by atoms with Gasteiger partial charge in [0, 0.05) is 32.3 Å². The lowest BCUT2D eigenvalue weighted by Crippen LogP contribution is -2.40. The molecule has 0 saturated carbocycles. The molecule has 3 aromatic rings. The van der Waals surface area contributed by atoms with Gasteiger partial charge < -0.3 is 14.5 Å². The number of nitrogens with zero attached hydrogens (tertiary/aromatic N) is 3. The maximum absolute atomic E-state index is 12.8. The van der Waals surface area contributed by atoms with Gasteiger partial charge in [0.1, 0.15) is 11.5 Å². The lowest BCUT2D eigenvalue weighted by molar-refractivity contribution is 0.0695. The summed E-state index contributed by atoms with van der Waals surface area (Å²) in [5.74, 6) is 1.39. The van der Waals surface area contributed by atoms with Crippen LogP contribution in [0.5, 0.6) is 0 Å². The molecule has 1 atom stereocenters. The minimum atomic E-state index is 0.111. The summed E-state index contributed by atoms with van der Waals surface area (Å²) in [5.41, 5.74) is 4.05. The number of amides is 1. The highest BCUT2D eigenvalue weighted by atomic mass is 16.2. The van der Waals surface area contributed by atoms with Crippen LogP contribution in [0, 0.1) is 6.92 Å². The summed E-state index contributed by atoms with van der Waals surface area (Å²) in [6, 6.07) is 9.99. The van der Waals surface area contributed by atoms with Gasteiger partial charge in [-0.2, -0.15) is 0 Å². The van der Waals surface area contributed by atoms with Gasteiger partial charge in [-0.15, -0.1) is 0 Å². The summed E-state index contributed by atoms with van der Waals surface area (Å²) < 4.78 is 1.89. The molecule has 5 nitrogen and oxygen atoms in total. The highest BCUT2D eigenvalue weighted by Gasteiger charge is 2.28. The molecule has 5 heteroatoms. The first-order chi connectivity index (χ1) is 11.6. The molecule has 1 N–H and O–H groups in total. The van der Waals surface area contributed by atoms with E-state index < -0.39 is 0 Å². The fourth-order valence-electron chi connectivity index (χ4n) is 3.62. The molecule has 0 spiro atoms. The Hall–Kier alpha value is -2.56. The predicted molar refractivity (Wildman–Crippen MR) is 94.1 cm³/mol. The number of hydrogen-bond donors (Lipinski definition) is 1. The zero-order valence-electron chi connectivity index (χ0n) is 14.1. The van der Waals surface area contributed by atoms with Crippen LogP contribution in [-0.2, 0) is 7.05 Å². The van der Waals surface area contributed by atoms with Gasteiger partial charge >= 0.3 is 0 Å². The van der Waals surface area contributed by atoms with E-state index in [-0.39, 0.29) is 11.8 Å². The highest BCUT2D eigenvalue weighted by molar-refractivity contribution is 5.92. The molecule has 1 saturated heterocycles. The lowest BCUT2D eigenvalue weighted by Gasteiger charge is -2.32. The number of H-pyrrole nitrogens is 1. The first-order valence-corrected chi connectivity index (χ1v) is 8.49. The first-order valence-electron chi connectivity index (χ1n) is 8.49. The van der Waals surface area contributed by atoms with Crippen molar-refractivity contribution in [3.63, 3.8) is 0 Å². The molecule has 0 bridgehead atoms. The fraction of sp³-hybridized carbons (Fsp3) is 0.368. The largest absolute Gasteiger partial charge is 0.347 e. The molecule has 1 aliphatic heterocycles. The molecule has 1 aromatic carbocycles. The molecule has 24 heavy (non-hydrogen) atoms. The monoisotopic (exact) mass is 322 g/mol. The average molecular weight is 322 g/mol. The number of hydrogen-bond acceptors (Lipinski definition) is 2. The van der Waals surface area contributed by atoms with Gasteiger partial charge in [-0.3, -0.25) is 4.79 Å². The molecule has 0 radical (unpaired) electrons. The Morgan fingerprint density at radius 3 is 2.92 bits per heavy atom. The number of aromatic amines is 1. The summed E-state index contributed by atoms with van der Waals surface area (Å²) in [5, 5.41) is 0. The van der Waals surface area contributed by atoms with Crippen LogP contribution in [0.3, 0.4) is 0 Å². The number of likely N-dealkylation sites (tertiary alicyclic amines) is 1. The highest BCUT2D eigenvalue weighted by Crippen LogP contribution is 2.28. The number of benzene rings is 1. The number of aryl methyl sites for hydroxylation is 2. The third kappa shape index (κ3) is 2.50. The molecular weight excluding hydrogens is 300 g/mol. The number of rotatable bonds is 2. The molecule has 1 fully saturated rings. The van der Waals surface area contributed by atoms with E-state index in [0.717, 1.165) is 48.5 Å². The van der Waals surface area contributed by atoms with Gasteiger partial charge in [0.05, 0.1) is 11.0 Å². The number of imidazole rings is 1. The van der Waals surface area contributed by atoms with E-state index in [1.807, 2.05) is 40.9 Å². The number of para-hydroxylation sites is 1. The molecule has 1 amide bonds. The maximum atomic E-state index is 12.8. The second-order valence-corrected chi connectivity index (χ2v) is 6.69. The van der Waals surface area contributed by atoms with Crippen molar-refractivity contribution >= 4 is 16.9 Å². The Kier molecular flexibility index (Phi) is 3.63. The van der Waals surface area contributed by atoms with Crippen molar-refractivity contribution in [2.45, 2.75) is 25.7 Å². The zero-order valence-corrected chi connectivity index (χ0v) is 14.1. The van der Waals surface area contributed by atoms with Gasteiger partial charge in [-0.1, -0.05) is 12.1 Å². The Bertz CT molecular complexity index is 892. The minimum absolute atomic E-state index is 0.111. The number of fused-ring (bicyclic) bond motifs is 1. The summed E-state index contributed by atoms with van der Waals surface area (Å²) >= 11 is 0. The van der Waals surface area contributed by atoms with Crippen molar-refractivity contribution in [2.24, 2.45) is 7.05 Å². The van der Waals surface area contributed by atoms with Crippen LogP contribution in [0.2, 0.25) is 0 Å². The van der Waals surface area contributed by atoms with E-state index in [9.17, 15) is 4.79 Å². The van der Waals surface area contributed by atoms with E-state index in [1.165, 1.54) is 5.56 Å². The Balaban J connectivity index is 1.59. The third-order valence-electron chi connectivity index (χ3n) is 4.99. The van der Waals surface area contributed by atoms with Crippen LogP contribution in [0.4, 0.5) is 0 Å². The summed E-state index contributed by atoms with van der Waals surface area (Å²) in [6.07, 6.45) is 3.99. The summed E-state index contributed by atoms with van der Waals surface area (Å²) in [6.45, 7) is 3.63. The van der Waals surface area contributed by atoms with Crippen molar-refractivity contribution in [3.05, 3.63) is 53.6 Å². The Morgan fingerprint density at radius 2 is 2.17 bits per heavy atom. The summed E-state index contributed by atoms with van der Waals surface area (Å²) in [7, 11) is 1.91. The van der Waals surface area contributed by atoms with Gasteiger partial charge in [-0.25, -0.2) is 4.98 Å². The van der Waals surface area contributed by atoms with Gasteiger partial charge in [0.15, 0.2) is 0 Å². The molecule has 3 heterocycles. The van der Waals surface area contributed by atoms with Crippen LogP contribution in [0.1, 0.15) is 40.6 Å². The van der Waals surface area contributed by atoms with E-state index in [1.54, 1.807) is 0 Å². The predicted octanol–water partition coefficient (Wildman–Crippen LogP) is 3.23. The van der Waals surface area contributed by atoms with Gasteiger partial charge in [0.25, 0.3) is 5.91 Å². The Morgan fingerprint density at radius 1 is 1.29 bits per heavy atom. The van der Waals surface area contributed by atoms with Crippen LogP contribution in [-0.4, -0.2) is 38.4 Å². The van der Waals surface area contributed by atoms with Crippen molar-refractivity contribution < 1.29 is 4.79 Å². The number of carbonyl (C=O) groups excluding carboxylic acids is 1. The SMILES string of the molecule is Cc1cccc2[nH]c([C@@H]3CCCN(C(=O)c4cccn4C)C3)nc12. The quantitative estimate of drug-likeness (QED) is 0.787. The van der Waals surface area contributed by atoms with Gasteiger partial charge in [0.2, 0.25) is 0 Å². The molecule has 0 unspecified atom stereocenters. The van der Waals surface area contributed by atoms with E-state index in [0.29, 0.717) is 0 Å². The standard InChI is InChI=1S/C19H22N4O/c1-13-6-3-8-15-17(13)21-18(20-15)14-7-4-11-23(12-14)19(24)16-9-5-10-22(16)2/h3,5-6,8-10,14H,4,7,11-12H2,1-2H3,(H,20,21)/t14-/m1/s1. The van der Waals surface area contributed by atoms with Crippen LogP contribution in [0.25, 0.3) is 11.0 Å². The molecule has 4 rings (SSSR count). The van der Waals surface area contributed by atoms with E-state index in [4.69, 9.17) is 4.98 Å².